The largest absolute Gasteiger partial charge is 0.354 e. The first-order chi connectivity index (χ1) is 18.6. The van der Waals surface area contributed by atoms with Gasteiger partial charge < -0.3 is 10.2 Å². The number of anilines is 1. The Labute approximate surface area is 238 Å². The van der Waals surface area contributed by atoms with Gasteiger partial charge in [-0.1, -0.05) is 61.3 Å². The standard InChI is InChI=1S/C28H30Cl2FN3O4S/c1-3-17-32-28(36)26(4-2)33(18-23-24(29)11-8-12-25(23)30)27(35)19-34(21-15-13-20(31)14-16-21)39(37,38)22-9-6-5-7-10-22/h5-16,26H,3-4,17-19H2,1-2H3,(H,32,36). The summed E-state index contributed by atoms with van der Waals surface area (Å²) in [5.74, 6) is -1.60. The van der Waals surface area contributed by atoms with Crippen LogP contribution in [0.15, 0.2) is 77.7 Å². The second-order valence-electron chi connectivity index (χ2n) is 8.74. The van der Waals surface area contributed by atoms with Gasteiger partial charge in [0.1, 0.15) is 18.4 Å². The van der Waals surface area contributed by atoms with Crippen LogP contribution in [0.5, 0.6) is 0 Å². The fraction of sp³-hybridized carbons (Fsp3) is 0.286. The van der Waals surface area contributed by atoms with Crippen LogP contribution in [-0.2, 0) is 26.2 Å². The van der Waals surface area contributed by atoms with Crippen LogP contribution in [0.2, 0.25) is 10.0 Å². The molecule has 0 aromatic heterocycles. The maximum Gasteiger partial charge on any atom is 0.264 e. The summed E-state index contributed by atoms with van der Waals surface area (Å²) in [7, 11) is -4.24. The number of benzene rings is 3. The van der Waals surface area contributed by atoms with E-state index in [0.29, 0.717) is 28.6 Å². The molecule has 0 heterocycles. The SMILES string of the molecule is CCCNC(=O)C(CC)N(Cc1c(Cl)cccc1Cl)C(=O)CN(c1ccc(F)cc1)S(=O)(=O)c1ccccc1. The van der Waals surface area contributed by atoms with E-state index in [2.05, 4.69) is 5.32 Å². The molecule has 0 saturated heterocycles. The molecule has 3 rings (SSSR count). The van der Waals surface area contributed by atoms with Crippen molar-refractivity contribution in [3.05, 3.63) is 94.2 Å². The highest BCUT2D eigenvalue weighted by Gasteiger charge is 2.34. The Kier molecular flexibility index (Phi) is 10.7. The predicted molar refractivity (Wildman–Crippen MR) is 152 cm³/mol. The van der Waals surface area contributed by atoms with Crippen LogP contribution in [0, 0.1) is 5.82 Å². The average molecular weight is 595 g/mol. The summed E-state index contributed by atoms with van der Waals surface area (Å²) in [6.07, 6.45) is 0.950. The number of nitrogens with zero attached hydrogens (tertiary/aromatic N) is 2. The second kappa shape index (κ2) is 13.8. The average Bonchev–Trinajstić information content (AvgIpc) is 2.92. The minimum Gasteiger partial charge on any atom is -0.354 e. The van der Waals surface area contributed by atoms with Crippen LogP contribution in [0.4, 0.5) is 10.1 Å². The molecule has 0 fully saturated rings. The van der Waals surface area contributed by atoms with Gasteiger partial charge in [0.2, 0.25) is 11.8 Å². The van der Waals surface area contributed by atoms with E-state index in [0.717, 1.165) is 16.4 Å². The van der Waals surface area contributed by atoms with E-state index in [9.17, 15) is 22.4 Å². The van der Waals surface area contributed by atoms with Crippen LogP contribution in [0.1, 0.15) is 32.3 Å². The highest BCUT2D eigenvalue weighted by molar-refractivity contribution is 7.92. The molecule has 0 aliphatic carbocycles. The Hall–Kier alpha value is -3.14. The number of amides is 2. The summed E-state index contributed by atoms with van der Waals surface area (Å²) in [5.41, 5.74) is 0.517. The number of rotatable bonds is 12. The Morgan fingerprint density at radius 1 is 0.923 bits per heavy atom. The topological polar surface area (TPSA) is 86.8 Å². The first kappa shape index (κ1) is 30.4. The monoisotopic (exact) mass is 593 g/mol. The second-order valence-corrected chi connectivity index (χ2v) is 11.4. The lowest BCUT2D eigenvalue weighted by molar-refractivity contribution is -0.140. The molecule has 0 aliphatic rings. The van der Waals surface area contributed by atoms with Crippen molar-refractivity contribution in [2.45, 2.75) is 44.2 Å². The van der Waals surface area contributed by atoms with Gasteiger partial charge in [-0.2, -0.15) is 0 Å². The summed E-state index contributed by atoms with van der Waals surface area (Å²) >= 11 is 12.8. The maximum atomic E-state index is 14.0. The van der Waals surface area contributed by atoms with Crippen molar-refractivity contribution < 1.29 is 22.4 Å². The normalized spacial score (nSPS) is 12.0. The number of sulfonamides is 1. The van der Waals surface area contributed by atoms with Gasteiger partial charge in [0.05, 0.1) is 10.6 Å². The predicted octanol–water partition coefficient (Wildman–Crippen LogP) is 5.66. The number of halogens is 3. The van der Waals surface area contributed by atoms with Crippen LogP contribution in [0.25, 0.3) is 0 Å². The van der Waals surface area contributed by atoms with Gasteiger partial charge in [0, 0.05) is 28.7 Å². The van der Waals surface area contributed by atoms with Crippen molar-refractivity contribution >= 4 is 50.7 Å². The van der Waals surface area contributed by atoms with Crippen LogP contribution < -0.4 is 9.62 Å². The quantitative estimate of drug-likeness (QED) is 0.293. The molecular formula is C28H30Cl2FN3O4S. The van der Waals surface area contributed by atoms with Crippen molar-refractivity contribution in [2.75, 3.05) is 17.4 Å². The summed E-state index contributed by atoms with van der Waals surface area (Å²) in [5, 5.41) is 3.41. The molecule has 0 spiro atoms. The molecule has 3 aromatic rings. The van der Waals surface area contributed by atoms with Gasteiger partial charge >= 0.3 is 0 Å². The van der Waals surface area contributed by atoms with Gasteiger partial charge in [-0.15, -0.1) is 0 Å². The van der Waals surface area contributed by atoms with Crippen molar-refractivity contribution in [2.24, 2.45) is 0 Å². The summed E-state index contributed by atoms with van der Waals surface area (Å²) in [6.45, 7) is 3.29. The molecule has 1 unspecified atom stereocenters. The van der Waals surface area contributed by atoms with Crippen molar-refractivity contribution in [1.82, 2.24) is 10.2 Å². The van der Waals surface area contributed by atoms with Gasteiger partial charge in [0.15, 0.2) is 0 Å². The number of hydrogen-bond donors (Lipinski definition) is 1. The zero-order valence-electron chi connectivity index (χ0n) is 21.6. The van der Waals surface area contributed by atoms with E-state index in [4.69, 9.17) is 23.2 Å². The van der Waals surface area contributed by atoms with E-state index >= 15 is 0 Å². The van der Waals surface area contributed by atoms with E-state index in [-0.39, 0.29) is 29.5 Å². The first-order valence-corrected chi connectivity index (χ1v) is 14.6. The molecule has 2 amide bonds. The summed E-state index contributed by atoms with van der Waals surface area (Å²) in [4.78, 5) is 28.3. The van der Waals surface area contributed by atoms with E-state index in [1.807, 2.05) is 6.92 Å². The third kappa shape index (κ3) is 7.50. The minimum atomic E-state index is -4.24. The minimum absolute atomic E-state index is 0.0458. The molecule has 0 bridgehead atoms. The van der Waals surface area contributed by atoms with E-state index < -0.39 is 34.3 Å². The van der Waals surface area contributed by atoms with Crippen molar-refractivity contribution in [1.29, 1.82) is 0 Å². The number of carbonyl (C=O) groups excluding carboxylic acids is 2. The molecule has 208 valence electrons. The fourth-order valence-electron chi connectivity index (χ4n) is 4.00. The maximum absolute atomic E-state index is 14.0. The van der Waals surface area contributed by atoms with E-state index in [1.165, 1.54) is 29.2 Å². The fourth-order valence-corrected chi connectivity index (χ4v) is 5.95. The van der Waals surface area contributed by atoms with Crippen LogP contribution >= 0.6 is 23.2 Å². The van der Waals surface area contributed by atoms with Crippen molar-refractivity contribution in [3.63, 3.8) is 0 Å². The number of hydrogen-bond acceptors (Lipinski definition) is 4. The molecule has 1 atom stereocenters. The molecule has 39 heavy (non-hydrogen) atoms. The van der Waals surface area contributed by atoms with Crippen LogP contribution in [-0.4, -0.2) is 44.3 Å². The molecule has 3 aromatic carbocycles. The molecular weight excluding hydrogens is 564 g/mol. The Balaban J connectivity index is 2.07. The highest BCUT2D eigenvalue weighted by atomic mass is 35.5. The summed E-state index contributed by atoms with van der Waals surface area (Å²) < 4.78 is 42.0. The van der Waals surface area contributed by atoms with E-state index in [1.54, 1.807) is 43.3 Å². The smallest absolute Gasteiger partial charge is 0.264 e. The highest BCUT2D eigenvalue weighted by Crippen LogP contribution is 2.28. The zero-order valence-corrected chi connectivity index (χ0v) is 23.9. The molecule has 11 heteroatoms. The Bertz CT molecular complexity index is 1370. The van der Waals surface area contributed by atoms with Crippen molar-refractivity contribution in [3.8, 4) is 0 Å². The zero-order chi connectivity index (χ0) is 28.6. The number of carbonyl (C=O) groups is 2. The Morgan fingerprint density at radius 2 is 1.54 bits per heavy atom. The van der Waals surface area contributed by atoms with Gasteiger partial charge in [-0.3, -0.25) is 13.9 Å². The molecule has 0 aliphatic heterocycles. The lowest BCUT2D eigenvalue weighted by Crippen LogP contribution is -2.52. The lowest BCUT2D eigenvalue weighted by Gasteiger charge is -2.33. The van der Waals surface area contributed by atoms with Gasteiger partial charge in [0.25, 0.3) is 10.0 Å². The van der Waals surface area contributed by atoms with Gasteiger partial charge in [-0.25, -0.2) is 12.8 Å². The van der Waals surface area contributed by atoms with Crippen LogP contribution in [0.3, 0.4) is 0 Å². The number of nitrogens with one attached hydrogen (secondary N) is 1. The Morgan fingerprint density at radius 3 is 2.10 bits per heavy atom. The third-order valence-corrected chi connectivity index (χ3v) is 8.55. The lowest BCUT2D eigenvalue weighted by atomic mass is 10.1. The molecule has 7 nitrogen and oxygen atoms in total. The van der Waals surface area contributed by atoms with Gasteiger partial charge in [-0.05, 0) is 61.4 Å². The third-order valence-electron chi connectivity index (χ3n) is 6.05. The summed E-state index contributed by atoms with van der Waals surface area (Å²) in [6, 6.07) is 16.4. The molecule has 0 radical (unpaired) electrons. The first-order valence-electron chi connectivity index (χ1n) is 12.4. The molecule has 1 N–H and O–H groups in total. The molecule has 0 saturated carbocycles.